The zero-order valence-electron chi connectivity index (χ0n) is 17.6. The molecule has 1 aliphatic heterocycles. The van der Waals surface area contributed by atoms with Crippen molar-refractivity contribution in [2.45, 2.75) is 45.8 Å². The highest BCUT2D eigenvalue weighted by Crippen LogP contribution is 2.28. The molecule has 0 bridgehead atoms. The van der Waals surface area contributed by atoms with Crippen LogP contribution in [0.2, 0.25) is 0 Å². The number of nitrogens with zero attached hydrogens (tertiary/aromatic N) is 5. The lowest BCUT2D eigenvalue weighted by Crippen LogP contribution is -2.55. The number of aryl methyl sites for hydroxylation is 1. The van der Waals surface area contributed by atoms with E-state index < -0.39 is 5.60 Å². The number of carbonyl (C=O) groups excluding carboxylic acids is 1. The zero-order chi connectivity index (χ0) is 21.3. The first-order valence-electron chi connectivity index (χ1n) is 9.80. The average molecular weight is 397 g/mol. The number of aromatic nitrogens is 2. The maximum absolute atomic E-state index is 12.5. The van der Waals surface area contributed by atoms with E-state index in [2.05, 4.69) is 16.0 Å². The molecule has 3 rings (SSSR count). The third kappa shape index (κ3) is 4.19. The maximum atomic E-state index is 12.5. The standard InChI is InChI=1S/C21H27N5O3/c1-6-15-13-25(20(28)29-21(2,3)4)9-10-26(15)17-11-18(27)24(5)16-8-7-14(12-22)23-19(16)17/h7-8,11,15H,6,9-10,13H2,1-5H3. The second-order valence-electron chi connectivity index (χ2n) is 8.28. The van der Waals surface area contributed by atoms with Crippen molar-refractivity contribution in [3.63, 3.8) is 0 Å². The Balaban J connectivity index is 1.98. The van der Waals surface area contributed by atoms with E-state index in [4.69, 9.17) is 4.74 Å². The Bertz CT molecular complexity index is 1030. The molecule has 154 valence electrons. The molecule has 1 fully saturated rings. The van der Waals surface area contributed by atoms with Crippen molar-refractivity contribution in [2.24, 2.45) is 7.05 Å². The van der Waals surface area contributed by atoms with Crippen molar-refractivity contribution in [1.29, 1.82) is 5.26 Å². The summed E-state index contributed by atoms with van der Waals surface area (Å²) in [6.07, 6.45) is 0.461. The Morgan fingerprint density at radius 1 is 1.34 bits per heavy atom. The molecule has 0 spiro atoms. The molecule has 1 atom stereocenters. The number of hydrogen-bond acceptors (Lipinski definition) is 6. The van der Waals surface area contributed by atoms with Crippen LogP contribution in [0.25, 0.3) is 11.0 Å². The Hall–Kier alpha value is -3.08. The fourth-order valence-corrected chi connectivity index (χ4v) is 3.61. The molecular weight excluding hydrogens is 370 g/mol. The molecule has 29 heavy (non-hydrogen) atoms. The van der Waals surface area contributed by atoms with E-state index in [0.29, 0.717) is 42.0 Å². The van der Waals surface area contributed by atoms with Gasteiger partial charge < -0.3 is 19.1 Å². The number of nitriles is 1. The van der Waals surface area contributed by atoms with Crippen LogP contribution >= 0.6 is 0 Å². The van der Waals surface area contributed by atoms with E-state index in [0.717, 1.165) is 6.42 Å². The summed E-state index contributed by atoms with van der Waals surface area (Å²) in [7, 11) is 1.69. The predicted octanol–water partition coefficient (Wildman–Crippen LogP) is 2.64. The van der Waals surface area contributed by atoms with Gasteiger partial charge in [-0.3, -0.25) is 4.79 Å². The highest BCUT2D eigenvalue weighted by Gasteiger charge is 2.32. The van der Waals surface area contributed by atoms with Crippen LogP contribution in [0.4, 0.5) is 10.5 Å². The Kier molecular flexibility index (Phi) is 5.51. The van der Waals surface area contributed by atoms with E-state index in [9.17, 15) is 14.9 Å². The van der Waals surface area contributed by atoms with Crippen LogP contribution in [-0.4, -0.2) is 51.8 Å². The molecule has 0 radical (unpaired) electrons. The number of fused-ring (bicyclic) bond motifs is 1. The summed E-state index contributed by atoms with van der Waals surface area (Å²) < 4.78 is 7.05. The third-order valence-electron chi connectivity index (χ3n) is 5.10. The van der Waals surface area contributed by atoms with E-state index in [1.807, 2.05) is 27.7 Å². The summed E-state index contributed by atoms with van der Waals surface area (Å²) >= 11 is 0. The highest BCUT2D eigenvalue weighted by atomic mass is 16.6. The van der Waals surface area contributed by atoms with Gasteiger partial charge in [0.25, 0.3) is 5.56 Å². The first-order valence-corrected chi connectivity index (χ1v) is 9.80. The average Bonchev–Trinajstić information content (AvgIpc) is 2.68. The van der Waals surface area contributed by atoms with Crippen LogP contribution in [0.15, 0.2) is 23.0 Å². The molecule has 0 N–H and O–H groups in total. The molecule has 1 amide bonds. The minimum atomic E-state index is -0.546. The molecule has 8 nitrogen and oxygen atoms in total. The number of ether oxygens (including phenoxy) is 1. The molecular formula is C21H27N5O3. The summed E-state index contributed by atoms with van der Waals surface area (Å²) in [5.74, 6) is 0. The SMILES string of the molecule is CCC1CN(C(=O)OC(C)(C)C)CCN1c1cc(=O)n(C)c2ccc(C#N)nc12. The minimum Gasteiger partial charge on any atom is -0.444 e. The lowest BCUT2D eigenvalue weighted by atomic mass is 10.1. The molecule has 0 aromatic carbocycles. The van der Waals surface area contributed by atoms with Gasteiger partial charge in [-0.25, -0.2) is 9.78 Å². The quantitative estimate of drug-likeness (QED) is 0.774. The van der Waals surface area contributed by atoms with Crippen molar-refractivity contribution >= 4 is 22.8 Å². The summed E-state index contributed by atoms with van der Waals surface area (Å²) in [4.78, 5) is 33.3. The largest absolute Gasteiger partial charge is 0.444 e. The van der Waals surface area contributed by atoms with Gasteiger partial charge >= 0.3 is 6.09 Å². The molecule has 2 aromatic heterocycles. The minimum absolute atomic E-state index is 0.0131. The normalized spacial score (nSPS) is 17.3. The van der Waals surface area contributed by atoms with Crippen LogP contribution in [0.1, 0.15) is 39.8 Å². The van der Waals surface area contributed by atoms with Crippen LogP contribution in [0.3, 0.4) is 0 Å². The molecule has 0 aliphatic carbocycles. The van der Waals surface area contributed by atoms with Gasteiger partial charge in [-0.15, -0.1) is 0 Å². The van der Waals surface area contributed by atoms with Gasteiger partial charge in [-0.1, -0.05) is 6.92 Å². The number of amides is 1. The van der Waals surface area contributed by atoms with E-state index in [1.54, 1.807) is 30.1 Å². The van der Waals surface area contributed by atoms with Crippen LogP contribution in [0, 0.1) is 11.3 Å². The molecule has 3 heterocycles. The number of rotatable bonds is 2. The summed E-state index contributed by atoms with van der Waals surface area (Å²) in [6, 6.07) is 7.02. The van der Waals surface area contributed by atoms with Crippen LogP contribution < -0.4 is 10.5 Å². The number of anilines is 1. The van der Waals surface area contributed by atoms with Gasteiger partial charge in [0.05, 0.1) is 11.2 Å². The number of hydrogen-bond donors (Lipinski definition) is 0. The van der Waals surface area contributed by atoms with Gasteiger partial charge in [-0.2, -0.15) is 5.26 Å². The second kappa shape index (κ2) is 7.74. The number of piperazine rings is 1. The first kappa shape index (κ1) is 20.6. The van der Waals surface area contributed by atoms with Gasteiger partial charge in [0.15, 0.2) is 0 Å². The summed E-state index contributed by atoms with van der Waals surface area (Å²) in [5, 5.41) is 9.26. The van der Waals surface area contributed by atoms with Crippen molar-refractivity contribution in [3.05, 3.63) is 34.2 Å². The third-order valence-corrected chi connectivity index (χ3v) is 5.10. The molecule has 8 heteroatoms. The molecule has 1 saturated heterocycles. The highest BCUT2D eigenvalue weighted by molar-refractivity contribution is 5.89. The molecule has 0 saturated carbocycles. The van der Waals surface area contributed by atoms with Crippen LogP contribution in [0.5, 0.6) is 0 Å². The number of carbonyl (C=O) groups is 1. The fraction of sp³-hybridized carbons (Fsp3) is 0.524. The summed E-state index contributed by atoms with van der Waals surface area (Å²) in [6.45, 7) is 9.14. The van der Waals surface area contributed by atoms with Gasteiger partial charge in [0.2, 0.25) is 0 Å². The Labute approximate surface area is 170 Å². The summed E-state index contributed by atoms with van der Waals surface area (Å²) in [5.41, 5.74) is 1.62. The molecule has 2 aromatic rings. The van der Waals surface area contributed by atoms with Gasteiger partial charge in [-0.05, 0) is 39.3 Å². The number of pyridine rings is 2. The van der Waals surface area contributed by atoms with Crippen molar-refractivity contribution < 1.29 is 9.53 Å². The zero-order valence-corrected chi connectivity index (χ0v) is 17.6. The maximum Gasteiger partial charge on any atom is 0.410 e. The fourth-order valence-electron chi connectivity index (χ4n) is 3.61. The van der Waals surface area contributed by atoms with Crippen LogP contribution in [-0.2, 0) is 11.8 Å². The van der Waals surface area contributed by atoms with E-state index in [1.165, 1.54) is 4.57 Å². The second-order valence-corrected chi connectivity index (χ2v) is 8.28. The Morgan fingerprint density at radius 2 is 2.07 bits per heavy atom. The first-order chi connectivity index (χ1) is 13.6. The van der Waals surface area contributed by atoms with Gasteiger partial charge in [0, 0.05) is 38.8 Å². The topological polar surface area (TPSA) is 91.5 Å². The van der Waals surface area contributed by atoms with E-state index >= 15 is 0 Å². The van der Waals surface area contributed by atoms with E-state index in [-0.39, 0.29) is 17.7 Å². The van der Waals surface area contributed by atoms with Gasteiger partial charge in [0.1, 0.15) is 22.9 Å². The predicted molar refractivity (Wildman–Crippen MR) is 111 cm³/mol. The van der Waals surface area contributed by atoms with Crippen molar-refractivity contribution in [1.82, 2.24) is 14.5 Å². The van der Waals surface area contributed by atoms with Crippen molar-refractivity contribution in [2.75, 3.05) is 24.5 Å². The molecule has 1 aliphatic rings. The monoisotopic (exact) mass is 397 g/mol. The van der Waals surface area contributed by atoms with Crippen molar-refractivity contribution in [3.8, 4) is 6.07 Å². The lowest BCUT2D eigenvalue weighted by molar-refractivity contribution is 0.0213. The Morgan fingerprint density at radius 3 is 2.69 bits per heavy atom. The lowest BCUT2D eigenvalue weighted by Gasteiger charge is -2.42. The smallest absolute Gasteiger partial charge is 0.410 e. The molecule has 1 unspecified atom stereocenters.